The Bertz CT molecular complexity index is 733. The van der Waals surface area contributed by atoms with Gasteiger partial charge in [-0.15, -0.1) is 0 Å². The van der Waals surface area contributed by atoms with Crippen molar-refractivity contribution in [2.24, 2.45) is 11.7 Å². The zero-order chi connectivity index (χ0) is 16.8. The Morgan fingerprint density at radius 3 is 2.75 bits per heavy atom. The van der Waals surface area contributed by atoms with Crippen LogP contribution in [0.15, 0.2) is 12.7 Å². The number of hydrogen-bond donors (Lipinski definition) is 4. The van der Waals surface area contributed by atoms with Crippen LogP contribution in [0.5, 0.6) is 0 Å². The summed E-state index contributed by atoms with van der Waals surface area (Å²) in [5, 5.41) is 20.7. The molecule has 6 N–H and O–H groups in total. The fourth-order valence-corrected chi connectivity index (χ4v) is 3.39. The van der Waals surface area contributed by atoms with Crippen molar-refractivity contribution in [2.45, 2.75) is 56.3 Å². The topological polar surface area (TPSA) is 145 Å². The van der Waals surface area contributed by atoms with Crippen LogP contribution < -0.4 is 11.5 Å². The summed E-state index contributed by atoms with van der Waals surface area (Å²) in [6, 6.07) is -0.0411. The van der Waals surface area contributed by atoms with E-state index in [9.17, 15) is 10.2 Å². The van der Waals surface area contributed by atoms with Crippen LogP contribution >= 0.6 is 0 Å². The molecule has 9 heteroatoms. The minimum Gasteiger partial charge on any atom is -0.388 e. The Labute approximate surface area is 138 Å². The lowest BCUT2D eigenvalue weighted by atomic mass is 10.00. The first-order chi connectivity index (χ1) is 11.5. The van der Waals surface area contributed by atoms with Gasteiger partial charge in [-0.05, 0) is 18.8 Å². The van der Waals surface area contributed by atoms with Gasteiger partial charge in [-0.1, -0.05) is 12.8 Å². The van der Waals surface area contributed by atoms with E-state index in [0.29, 0.717) is 23.5 Å². The van der Waals surface area contributed by atoms with Crippen LogP contribution in [0.3, 0.4) is 0 Å². The fraction of sp³-hybridized carbons (Fsp3) is 0.667. The van der Waals surface area contributed by atoms with Crippen LogP contribution in [-0.4, -0.2) is 54.1 Å². The number of ether oxygens (including phenoxy) is 1. The van der Waals surface area contributed by atoms with Gasteiger partial charge in [0, 0.05) is 6.04 Å². The number of fused-ring (bicyclic) bond motifs is 1. The highest BCUT2D eigenvalue weighted by Crippen LogP contribution is 2.37. The van der Waals surface area contributed by atoms with Gasteiger partial charge in [-0.3, -0.25) is 4.57 Å². The van der Waals surface area contributed by atoms with Crippen LogP contribution in [-0.2, 0) is 4.74 Å². The molecular formula is C15H22N6O3. The summed E-state index contributed by atoms with van der Waals surface area (Å²) in [4.78, 5) is 12.2. The number of imidazole rings is 1. The van der Waals surface area contributed by atoms with Gasteiger partial charge in [0.05, 0.1) is 12.4 Å². The number of aliphatic hydroxyl groups excluding tert-OH is 2. The van der Waals surface area contributed by atoms with Crippen molar-refractivity contribution in [1.29, 1.82) is 0 Å². The van der Waals surface area contributed by atoms with Crippen molar-refractivity contribution in [3.63, 3.8) is 0 Å². The molecule has 2 aromatic heterocycles. The molecule has 0 unspecified atom stereocenters. The molecule has 1 aliphatic heterocycles. The molecule has 2 fully saturated rings. The highest BCUT2D eigenvalue weighted by Gasteiger charge is 2.45. The molecule has 2 aliphatic rings. The maximum absolute atomic E-state index is 10.4. The molecule has 0 amide bonds. The lowest BCUT2D eigenvalue weighted by Crippen LogP contribution is -2.35. The molecule has 2 aromatic rings. The van der Waals surface area contributed by atoms with E-state index in [2.05, 4.69) is 15.0 Å². The molecule has 4 rings (SSSR count). The van der Waals surface area contributed by atoms with Gasteiger partial charge in [0.15, 0.2) is 17.7 Å². The van der Waals surface area contributed by atoms with Gasteiger partial charge >= 0.3 is 0 Å². The van der Waals surface area contributed by atoms with Gasteiger partial charge in [-0.2, -0.15) is 0 Å². The molecule has 0 radical (unpaired) electrons. The summed E-state index contributed by atoms with van der Waals surface area (Å²) < 4.78 is 7.47. The lowest BCUT2D eigenvalue weighted by molar-refractivity contribution is -0.0388. The van der Waals surface area contributed by atoms with E-state index in [1.54, 1.807) is 4.57 Å². The summed E-state index contributed by atoms with van der Waals surface area (Å²) in [6.45, 7) is 0. The quantitative estimate of drug-likeness (QED) is 0.575. The number of nitrogen functional groups attached to an aromatic ring is 1. The molecule has 0 aromatic carbocycles. The SMILES string of the molecule is Nc1ncnc2c1ncn2[C@@H]1O[C@H](C[C@@H](N)CC2CC2)[C@@H](O)[C@H]1O. The third-order valence-electron chi connectivity index (χ3n) is 4.87. The average Bonchev–Trinajstić information content (AvgIpc) is 3.19. The van der Waals surface area contributed by atoms with Crippen molar-refractivity contribution in [2.75, 3.05) is 5.73 Å². The number of nitrogens with two attached hydrogens (primary N) is 2. The molecule has 5 atom stereocenters. The van der Waals surface area contributed by atoms with Crippen molar-refractivity contribution in [1.82, 2.24) is 19.5 Å². The van der Waals surface area contributed by atoms with E-state index in [-0.39, 0.29) is 11.9 Å². The molecule has 9 nitrogen and oxygen atoms in total. The number of nitrogens with zero attached hydrogens (tertiary/aromatic N) is 4. The fourth-order valence-electron chi connectivity index (χ4n) is 3.39. The Hall–Kier alpha value is -1.81. The largest absolute Gasteiger partial charge is 0.388 e. The summed E-state index contributed by atoms with van der Waals surface area (Å²) in [7, 11) is 0. The standard InChI is InChI=1S/C15H22N6O3/c16-8(3-7-1-2-7)4-9-11(22)12(23)15(24-9)21-6-20-10-13(17)18-5-19-14(10)21/h5-9,11-12,15,22-23H,1-4,16H2,(H2,17,18,19)/t8-,9+,11+,12+,15+/m0/s1. The Kier molecular flexibility index (Phi) is 3.87. The summed E-state index contributed by atoms with van der Waals surface area (Å²) >= 11 is 0. The Morgan fingerprint density at radius 1 is 1.21 bits per heavy atom. The second-order valence-corrected chi connectivity index (χ2v) is 6.80. The monoisotopic (exact) mass is 334 g/mol. The number of hydrogen-bond acceptors (Lipinski definition) is 8. The zero-order valence-corrected chi connectivity index (χ0v) is 13.2. The molecule has 1 saturated heterocycles. The van der Waals surface area contributed by atoms with Crippen molar-refractivity contribution >= 4 is 17.0 Å². The van der Waals surface area contributed by atoms with Crippen LogP contribution in [0, 0.1) is 5.92 Å². The van der Waals surface area contributed by atoms with Crippen molar-refractivity contribution < 1.29 is 14.9 Å². The molecular weight excluding hydrogens is 312 g/mol. The van der Waals surface area contributed by atoms with E-state index < -0.39 is 24.5 Å². The van der Waals surface area contributed by atoms with Gasteiger partial charge in [-0.25, -0.2) is 15.0 Å². The number of aromatic nitrogens is 4. The predicted octanol–water partition coefficient (Wildman–Crippen LogP) is -0.455. The summed E-state index contributed by atoms with van der Waals surface area (Å²) in [5.74, 6) is 0.964. The number of anilines is 1. The summed E-state index contributed by atoms with van der Waals surface area (Å²) in [5.41, 5.74) is 12.8. The third kappa shape index (κ3) is 2.73. The van der Waals surface area contributed by atoms with Gasteiger partial charge < -0.3 is 26.4 Å². The van der Waals surface area contributed by atoms with Gasteiger partial charge in [0.1, 0.15) is 24.1 Å². The van der Waals surface area contributed by atoms with E-state index in [0.717, 1.165) is 6.42 Å². The third-order valence-corrected chi connectivity index (χ3v) is 4.87. The van der Waals surface area contributed by atoms with Gasteiger partial charge in [0.2, 0.25) is 0 Å². The molecule has 1 aliphatic carbocycles. The van der Waals surface area contributed by atoms with Crippen molar-refractivity contribution in [3.05, 3.63) is 12.7 Å². The Morgan fingerprint density at radius 2 is 2.00 bits per heavy atom. The predicted molar refractivity (Wildman–Crippen MR) is 85.6 cm³/mol. The van der Waals surface area contributed by atoms with E-state index in [1.807, 2.05) is 0 Å². The normalized spacial score (nSPS) is 31.6. The first-order valence-corrected chi connectivity index (χ1v) is 8.24. The lowest BCUT2D eigenvalue weighted by Gasteiger charge is -2.19. The van der Waals surface area contributed by atoms with Crippen LogP contribution in [0.4, 0.5) is 5.82 Å². The van der Waals surface area contributed by atoms with E-state index in [1.165, 1.54) is 25.5 Å². The molecule has 1 saturated carbocycles. The average molecular weight is 334 g/mol. The second-order valence-electron chi connectivity index (χ2n) is 6.80. The van der Waals surface area contributed by atoms with Gasteiger partial charge in [0.25, 0.3) is 0 Å². The first-order valence-electron chi connectivity index (χ1n) is 8.24. The highest BCUT2D eigenvalue weighted by atomic mass is 16.6. The molecule has 0 spiro atoms. The molecule has 24 heavy (non-hydrogen) atoms. The maximum Gasteiger partial charge on any atom is 0.167 e. The summed E-state index contributed by atoms with van der Waals surface area (Å²) in [6.07, 6.45) is 3.34. The maximum atomic E-state index is 10.4. The number of aliphatic hydroxyl groups is 2. The van der Waals surface area contributed by atoms with Crippen LogP contribution in [0.1, 0.15) is 31.9 Å². The molecule has 0 bridgehead atoms. The van der Waals surface area contributed by atoms with Crippen molar-refractivity contribution in [3.8, 4) is 0 Å². The van der Waals surface area contributed by atoms with Crippen LogP contribution in [0.25, 0.3) is 11.2 Å². The smallest absolute Gasteiger partial charge is 0.167 e. The minimum absolute atomic E-state index is 0.0411. The zero-order valence-electron chi connectivity index (χ0n) is 13.2. The number of rotatable bonds is 5. The highest BCUT2D eigenvalue weighted by molar-refractivity contribution is 5.81. The molecule has 130 valence electrons. The first kappa shape index (κ1) is 15.7. The minimum atomic E-state index is -1.09. The van der Waals surface area contributed by atoms with E-state index in [4.69, 9.17) is 16.2 Å². The van der Waals surface area contributed by atoms with Crippen LogP contribution in [0.2, 0.25) is 0 Å². The van der Waals surface area contributed by atoms with E-state index >= 15 is 0 Å². The Balaban J connectivity index is 1.53. The molecule has 3 heterocycles. The second kappa shape index (κ2) is 5.92.